The van der Waals surface area contributed by atoms with Gasteiger partial charge in [-0.15, -0.1) is 0 Å². The number of hydrogen-bond acceptors (Lipinski definition) is 4. The Labute approximate surface area is 158 Å². The molecule has 2 amide bonds. The zero-order chi connectivity index (χ0) is 18.8. The summed E-state index contributed by atoms with van der Waals surface area (Å²) in [7, 11) is 0. The van der Waals surface area contributed by atoms with E-state index in [4.69, 9.17) is 21.1 Å². The molecular weight excluding hydrogens is 354 g/mol. The summed E-state index contributed by atoms with van der Waals surface area (Å²) in [5.41, 5.74) is 3.77. The fourth-order valence-electron chi connectivity index (χ4n) is 2.12. The summed E-state index contributed by atoms with van der Waals surface area (Å²) >= 11 is 6.29. The molecule has 0 spiro atoms. The summed E-state index contributed by atoms with van der Waals surface area (Å²) in [6.45, 7) is 4.93. The van der Waals surface area contributed by atoms with E-state index in [0.717, 1.165) is 6.42 Å². The van der Waals surface area contributed by atoms with E-state index in [9.17, 15) is 4.79 Å². The van der Waals surface area contributed by atoms with Crippen molar-refractivity contribution in [3.63, 3.8) is 0 Å². The monoisotopic (exact) mass is 375 g/mol. The molecule has 0 atom stereocenters. The van der Waals surface area contributed by atoms with Crippen LogP contribution in [0.3, 0.4) is 0 Å². The van der Waals surface area contributed by atoms with Gasteiger partial charge in [-0.05, 0) is 43.2 Å². The van der Waals surface area contributed by atoms with Crippen molar-refractivity contribution in [1.29, 1.82) is 0 Å². The lowest BCUT2D eigenvalue weighted by Crippen LogP contribution is -2.24. The Morgan fingerprint density at radius 1 is 1.19 bits per heavy atom. The molecule has 0 bridgehead atoms. The minimum Gasteiger partial charge on any atom is -0.490 e. The standard InChI is InChI=1S/C19H22ClN3O3/c1-3-10-26-18-16(20)11-14(12-17(18)25-4-2)13-21-23-19(24)22-15-8-6-5-7-9-15/h5-9,11-13H,3-4,10H2,1-2H3,(H2,22,23,24)/b21-13+. The molecule has 0 unspecified atom stereocenters. The minimum atomic E-state index is -0.438. The Balaban J connectivity index is 2.03. The lowest BCUT2D eigenvalue weighted by Gasteiger charge is -2.13. The van der Waals surface area contributed by atoms with Crippen molar-refractivity contribution in [1.82, 2.24) is 5.43 Å². The van der Waals surface area contributed by atoms with Gasteiger partial charge in [0.25, 0.3) is 0 Å². The van der Waals surface area contributed by atoms with E-state index >= 15 is 0 Å². The number of nitrogens with zero attached hydrogens (tertiary/aromatic N) is 1. The number of ether oxygens (including phenoxy) is 2. The molecule has 7 heteroatoms. The maximum absolute atomic E-state index is 11.8. The number of rotatable bonds is 8. The first kappa shape index (κ1) is 19.6. The van der Waals surface area contributed by atoms with Gasteiger partial charge in [0.15, 0.2) is 11.5 Å². The van der Waals surface area contributed by atoms with Gasteiger partial charge in [0.2, 0.25) is 0 Å². The summed E-state index contributed by atoms with van der Waals surface area (Å²) in [6.07, 6.45) is 2.36. The SMILES string of the molecule is CCCOc1c(Cl)cc(/C=N/NC(=O)Nc2ccccc2)cc1OCC. The van der Waals surface area contributed by atoms with E-state index in [1.165, 1.54) is 6.21 Å². The van der Waals surface area contributed by atoms with Crippen LogP contribution in [0.4, 0.5) is 10.5 Å². The number of carbonyl (C=O) groups is 1. The van der Waals surface area contributed by atoms with Crippen molar-refractivity contribution in [2.75, 3.05) is 18.5 Å². The summed E-state index contributed by atoms with van der Waals surface area (Å²) in [5, 5.41) is 7.03. The fourth-order valence-corrected chi connectivity index (χ4v) is 2.39. The van der Waals surface area contributed by atoms with Crippen molar-refractivity contribution in [3.8, 4) is 11.5 Å². The number of urea groups is 1. The molecule has 0 aliphatic rings. The number of nitrogens with one attached hydrogen (secondary N) is 2. The highest BCUT2D eigenvalue weighted by atomic mass is 35.5. The average Bonchev–Trinajstić information content (AvgIpc) is 2.62. The van der Waals surface area contributed by atoms with E-state index in [-0.39, 0.29) is 0 Å². The molecule has 138 valence electrons. The van der Waals surface area contributed by atoms with Crippen LogP contribution < -0.4 is 20.2 Å². The maximum Gasteiger partial charge on any atom is 0.339 e. The third kappa shape index (κ3) is 5.97. The van der Waals surface area contributed by atoms with Gasteiger partial charge in [0.05, 0.1) is 24.5 Å². The van der Waals surface area contributed by atoms with Crippen molar-refractivity contribution in [3.05, 3.63) is 53.1 Å². The van der Waals surface area contributed by atoms with Gasteiger partial charge in [-0.1, -0.05) is 36.7 Å². The zero-order valence-corrected chi connectivity index (χ0v) is 15.5. The second-order valence-electron chi connectivity index (χ2n) is 5.30. The number of anilines is 1. The highest BCUT2D eigenvalue weighted by Gasteiger charge is 2.12. The molecule has 0 saturated heterocycles. The Morgan fingerprint density at radius 3 is 2.65 bits per heavy atom. The van der Waals surface area contributed by atoms with Gasteiger partial charge in [-0.3, -0.25) is 0 Å². The van der Waals surface area contributed by atoms with Gasteiger partial charge >= 0.3 is 6.03 Å². The molecule has 6 nitrogen and oxygen atoms in total. The number of halogens is 1. The smallest absolute Gasteiger partial charge is 0.339 e. The molecule has 2 N–H and O–H groups in total. The molecule has 0 fully saturated rings. The molecule has 2 rings (SSSR count). The summed E-state index contributed by atoms with van der Waals surface area (Å²) < 4.78 is 11.2. The van der Waals surface area contributed by atoms with Crippen LogP contribution in [0.25, 0.3) is 0 Å². The maximum atomic E-state index is 11.8. The second-order valence-corrected chi connectivity index (χ2v) is 5.71. The lowest BCUT2D eigenvalue weighted by molar-refractivity contribution is 0.252. The summed E-state index contributed by atoms with van der Waals surface area (Å²) in [5.74, 6) is 1.06. The summed E-state index contributed by atoms with van der Waals surface area (Å²) in [6, 6.07) is 12.1. The number of hydrogen-bond donors (Lipinski definition) is 2. The quantitative estimate of drug-likeness (QED) is 0.519. The molecule has 2 aromatic rings. The van der Waals surface area contributed by atoms with Crippen LogP contribution in [0, 0.1) is 0 Å². The highest BCUT2D eigenvalue weighted by Crippen LogP contribution is 2.36. The number of hydrazone groups is 1. The van der Waals surface area contributed by atoms with Crippen LogP contribution in [0.2, 0.25) is 5.02 Å². The average molecular weight is 376 g/mol. The number of benzene rings is 2. The number of carbonyl (C=O) groups excluding carboxylic acids is 1. The fraction of sp³-hybridized carbons (Fsp3) is 0.263. The first-order valence-corrected chi connectivity index (χ1v) is 8.76. The highest BCUT2D eigenvalue weighted by molar-refractivity contribution is 6.32. The molecule has 0 radical (unpaired) electrons. The first-order valence-electron chi connectivity index (χ1n) is 8.38. The van der Waals surface area contributed by atoms with Gasteiger partial charge in [0, 0.05) is 5.69 Å². The van der Waals surface area contributed by atoms with Crippen molar-refractivity contribution >= 4 is 29.5 Å². The van der Waals surface area contributed by atoms with Crippen molar-refractivity contribution < 1.29 is 14.3 Å². The van der Waals surface area contributed by atoms with Crippen molar-refractivity contribution in [2.45, 2.75) is 20.3 Å². The van der Waals surface area contributed by atoms with Gasteiger partial charge in [-0.2, -0.15) is 5.10 Å². The van der Waals surface area contributed by atoms with Gasteiger partial charge in [-0.25, -0.2) is 10.2 Å². The Kier molecular flexibility index (Phi) is 7.76. The van der Waals surface area contributed by atoms with E-state index in [1.807, 2.05) is 32.0 Å². The molecule has 0 heterocycles. The molecule has 2 aromatic carbocycles. The zero-order valence-electron chi connectivity index (χ0n) is 14.8. The third-order valence-electron chi connectivity index (χ3n) is 3.19. The van der Waals surface area contributed by atoms with Crippen LogP contribution in [-0.4, -0.2) is 25.5 Å². The Bertz CT molecular complexity index is 751. The predicted molar refractivity (Wildman–Crippen MR) is 105 cm³/mol. The third-order valence-corrected chi connectivity index (χ3v) is 3.47. The van der Waals surface area contributed by atoms with Crippen LogP contribution in [0.5, 0.6) is 11.5 Å². The Hall–Kier alpha value is -2.73. The van der Waals surface area contributed by atoms with E-state index < -0.39 is 6.03 Å². The summed E-state index contributed by atoms with van der Waals surface area (Å²) in [4.78, 5) is 11.8. The van der Waals surface area contributed by atoms with Crippen LogP contribution in [0.15, 0.2) is 47.6 Å². The second kappa shape index (κ2) is 10.3. The lowest BCUT2D eigenvalue weighted by atomic mass is 10.2. The number of amides is 2. The van der Waals surface area contributed by atoms with Gasteiger partial charge < -0.3 is 14.8 Å². The topological polar surface area (TPSA) is 72.0 Å². The van der Waals surface area contributed by atoms with E-state index in [0.29, 0.717) is 41.0 Å². The minimum absolute atomic E-state index is 0.430. The molecule has 0 aliphatic carbocycles. The normalized spacial score (nSPS) is 10.6. The van der Waals surface area contributed by atoms with Crippen LogP contribution in [-0.2, 0) is 0 Å². The van der Waals surface area contributed by atoms with E-state index in [1.54, 1.807) is 24.3 Å². The molecule has 26 heavy (non-hydrogen) atoms. The van der Waals surface area contributed by atoms with Crippen molar-refractivity contribution in [2.24, 2.45) is 5.10 Å². The molecular formula is C19H22ClN3O3. The molecule has 0 aromatic heterocycles. The number of para-hydroxylation sites is 1. The van der Waals surface area contributed by atoms with Gasteiger partial charge in [0.1, 0.15) is 0 Å². The van der Waals surface area contributed by atoms with Crippen LogP contribution in [0.1, 0.15) is 25.8 Å². The Morgan fingerprint density at radius 2 is 1.96 bits per heavy atom. The van der Waals surface area contributed by atoms with Crippen LogP contribution >= 0.6 is 11.6 Å². The molecule has 0 saturated carbocycles. The van der Waals surface area contributed by atoms with E-state index in [2.05, 4.69) is 15.8 Å². The predicted octanol–water partition coefficient (Wildman–Crippen LogP) is 4.68. The largest absolute Gasteiger partial charge is 0.490 e. The first-order chi connectivity index (χ1) is 12.6. The molecule has 0 aliphatic heterocycles.